The molecule has 0 aliphatic carbocycles. The van der Waals surface area contributed by atoms with Gasteiger partial charge in [0.25, 0.3) is 0 Å². The molecule has 0 amide bonds. The van der Waals surface area contributed by atoms with Gasteiger partial charge in [-0.15, -0.1) is 0 Å². The molecule has 72 valence electrons. The van der Waals surface area contributed by atoms with Crippen molar-refractivity contribution in [3.8, 4) is 0 Å². The molecular weight excluding hydrogens is 162 g/mol. The fourth-order valence-corrected chi connectivity index (χ4v) is 2.14. The average molecular weight is 179 g/mol. The van der Waals surface area contributed by atoms with Crippen LogP contribution in [0.5, 0.6) is 0 Å². The maximum Gasteiger partial charge on any atom is 0.105 e. The van der Waals surface area contributed by atoms with Crippen molar-refractivity contribution >= 4 is 0 Å². The Morgan fingerprint density at radius 2 is 2.38 bits per heavy atom. The van der Waals surface area contributed by atoms with E-state index in [1.165, 1.54) is 19.4 Å². The van der Waals surface area contributed by atoms with Crippen LogP contribution in [-0.2, 0) is 0 Å². The van der Waals surface area contributed by atoms with Crippen molar-refractivity contribution in [2.45, 2.75) is 25.8 Å². The third-order valence-electron chi connectivity index (χ3n) is 2.86. The highest BCUT2D eigenvalue weighted by atomic mass is 15.2. The second-order valence-electron chi connectivity index (χ2n) is 3.94. The number of rotatable bonds is 1. The molecule has 0 spiro atoms. The molecule has 3 heteroatoms. The van der Waals surface area contributed by atoms with Crippen molar-refractivity contribution in [1.82, 2.24) is 14.5 Å². The summed E-state index contributed by atoms with van der Waals surface area (Å²) in [5.41, 5.74) is 0. The number of nitrogens with zero attached hydrogens (tertiary/aromatic N) is 3. The average Bonchev–Trinajstić information content (AvgIpc) is 2.51. The monoisotopic (exact) mass is 179 g/mol. The molecule has 0 N–H and O–H groups in total. The molecule has 0 radical (unpaired) electrons. The smallest absolute Gasteiger partial charge is 0.105 e. The minimum atomic E-state index is 0.640. The largest absolute Gasteiger partial charge is 0.331 e. The number of likely N-dealkylation sites (tertiary alicyclic amines) is 1. The van der Waals surface area contributed by atoms with E-state index in [4.69, 9.17) is 0 Å². The summed E-state index contributed by atoms with van der Waals surface area (Å²) in [4.78, 5) is 6.66. The molecule has 13 heavy (non-hydrogen) atoms. The molecule has 0 aromatic carbocycles. The van der Waals surface area contributed by atoms with E-state index in [-0.39, 0.29) is 0 Å². The first-order valence-corrected chi connectivity index (χ1v) is 4.95. The van der Waals surface area contributed by atoms with E-state index in [0.29, 0.717) is 6.04 Å². The van der Waals surface area contributed by atoms with Gasteiger partial charge >= 0.3 is 0 Å². The predicted octanol–water partition coefficient (Wildman–Crippen LogP) is 1.46. The molecule has 1 atom stereocenters. The van der Waals surface area contributed by atoms with Gasteiger partial charge in [-0.05, 0) is 33.4 Å². The van der Waals surface area contributed by atoms with Crippen molar-refractivity contribution in [3.05, 3.63) is 18.2 Å². The molecule has 0 bridgehead atoms. The van der Waals surface area contributed by atoms with Gasteiger partial charge in [-0.2, -0.15) is 0 Å². The lowest BCUT2D eigenvalue weighted by Crippen LogP contribution is -2.33. The highest BCUT2D eigenvalue weighted by molar-refractivity contribution is 4.93. The van der Waals surface area contributed by atoms with Gasteiger partial charge in [0.2, 0.25) is 0 Å². The quantitative estimate of drug-likeness (QED) is 0.650. The van der Waals surface area contributed by atoms with E-state index >= 15 is 0 Å². The number of hydrogen-bond donors (Lipinski definition) is 0. The van der Waals surface area contributed by atoms with Gasteiger partial charge in [0, 0.05) is 25.0 Å². The number of hydrogen-bond acceptors (Lipinski definition) is 2. The van der Waals surface area contributed by atoms with Crippen LogP contribution in [0.3, 0.4) is 0 Å². The Hall–Kier alpha value is -0.830. The topological polar surface area (TPSA) is 21.1 Å². The van der Waals surface area contributed by atoms with Gasteiger partial charge in [0.15, 0.2) is 0 Å². The van der Waals surface area contributed by atoms with Gasteiger partial charge < -0.3 is 9.47 Å². The summed E-state index contributed by atoms with van der Waals surface area (Å²) in [6.45, 7) is 4.48. The van der Waals surface area contributed by atoms with Crippen molar-refractivity contribution in [3.63, 3.8) is 0 Å². The van der Waals surface area contributed by atoms with Crippen molar-refractivity contribution in [1.29, 1.82) is 0 Å². The molecule has 1 fully saturated rings. The maximum absolute atomic E-state index is 4.26. The van der Waals surface area contributed by atoms with Crippen molar-refractivity contribution < 1.29 is 0 Å². The molecule has 3 nitrogen and oxygen atoms in total. The standard InChI is InChI=1S/C10H17N3/c1-9-11-5-7-13(9)10-4-3-6-12(2)8-10/h5,7,10H,3-4,6,8H2,1-2H3. The highest BCUT2D eigenvalue weighted by Gasteiger charge is 2.19. The number of likely N-dealkylation sites (N-methyl/N-ethyl adjacent to an activating group) is 1. The van der Waals surface area contributed by atoms with E-state index < -0.39 is 0 Å². The number of piperidine rings is 1. The fourth-order valence-electron chi connectivity index (χ4n) is 2.14. The molecule has 0 saturated carbocycles. The Balaban J connectivity index is 2.12. The molecule has 2 rings (SSSR count). The predicted molar refractivity (Wildman–Crippen MR) is 52.7 cm³/mol. The highest BCUT2D eigenvalue weighted by Crippen LogP contribution is 2.21. The molecular formula is C10H17N3. The summed E-state index contributed by atoms with van der Waals surface area (Å²) in [5, 5.41) is 0. The number of aromatic nitrogens is 2. The second-order valence-corrected chi connectivity index (χ2v) is 3.94. The third kappa shape index (κ3) is 1.75. The number of imidazole rings is 1. The van der Waals surface area contributed by atoms with Crippen LogP contribution >= 0.6 is 0 Å². The van der Waals surface area contributed by atoms with Crippen LogP contribution in [0.4, 0.5) is 0 Å². The van der Waals surface area contributed by atoms with E-state index in [1.54, 1.807) is 0 Å². The van der Waals surface area contributed by atoms with Gasteiger partial charge in [-0.3, -0.25) is 0 Å². The van der Waals surface area contributed by atoms with Crippen molar-refractivity contribution in [2.24, 2.45) is 0 Å². The van der Waals surface area contributed by atoms with Gasteiger partial charge in [-0.25, -0.2) is 4.98 Å². The zero-order valence-corrected chi connectivity index (χ0v) is 8.40. The van der Waals surface area contributed by atoms with Crippen LogP contribution in [0.1, 0.15) is 24.7 Å². The Labute approximate surface area is 79.4 Å². The first-order valence-electron chi connectivity index (χ1n) is 4.95. The minimum absolute atomic E-state index is 0.640. The molecule has 1 aromatic rings. The van der Waals surface area contributed by atoms with E-state index in [2.05, 4.69) is 34.6 Å². The summed E-state index contributed by atoms with van der Waals surface area (Å²) >= 11 is 0. The third-order valence-corrected chi connectivity index (χ3v) is 2.86. The SMILES string of the molecule is Cc1nccn1C1CCCN(C)C1. The lowest BCUT2D eigenvalue weighted by Gasteiger charge is -2.31. The zero-order chi connectivity index (χ0) is 9.26. The summed E-state index contributed by atoms with van der Waals surface area (Å²) < 4.78 is 2.30. The minimum Gasteiger partial charge on any atom is -0.331 e. The van der Waals surface area contributed by atoms with E-state index in [9.17, 15) is 0 Å². The Morgan fingerprint density at radius 3 is 3.00 bits per heavy atom. The summed E-state index contributed by atoms with van der Waals surface area (Å²) in [7, 11) is 2.19. The Bertz CT molecular complexity index is 279. The molecule has 1 saturated heterocycles. The van der Waals surface area contributed by atoms with Gasteiger partial charge in [0.05, 0.1) is 0 Å². The molecule has 1 aliphatic heterocycles. The summed E-state index contributed by atoms with van der Waals surface area (Å²) in [6, 6.07) is 0.640. The maximum atomic E-state index is 4.26. The van der Waals surface area contributed by atoms with E-state index in [0.717, 1.165) is 12.4 Å². The first-order chi connectivity index (χ1) is 6.27. The Kier molecular flexibility index (Phi) is 2.36. The van der Waals surface area contributed by atoms with Crippen LogP contribution < -0.4 is 0 Å². The van der Waals surface area contributed by atoms with Crippen LogP contribution in [0.2, 0.25) is 0 Å². The number of aryl methyl sites for hydroxylation is 1. The molecule has 1 unspecified atom stereocenters. The molecule has 1 aromatic heterocycles. The lowest BCUT2D eigenvalue weighted by molar-refractivity contribution is 0.210. The van der Waals surface area contributed by atoms with Crippen LogP contribution in [0.15, 0.2) is 12.4 Å². The molecule has 1 aliphatic rings. The molecule has 2 heterocycles. The van der Waals surface area contributed by atoms with E-state index in [1.807, 2.05) is 6.20 Å². The fraction of sp³-hybridized carbons (Fsp3) is 0.700. The van der Waals surface area contributed by atoms with Gasteiger partial charge in [-0.1, -0.05) is 0 Å². The van der Waals surface area contributed by atoms with Crippen LogP contribution in [-0.4, -0.2) is 34.6 Å². The first kappa shape index (κ1) is 8.75. The summed E-state index contributed by atoms with van der Waals surface area (Å²) in [5.74, 6) is 1.14. The lowest BCUT2D eigenvalue weighted by atomic mass is 10.1. The van der Waals surface area contributed by atoms with Gasteiger partial charge in [0.1, 0.15) is 5.82 Å². The van der Waals surface area contributed by atoms with Crippen LogP contribution in [0, 0.1) is 6.92 Å². The normalized spacial score (nSPS) is 24.9. The Morgan fingerprint density at radius 1 is 1.54 bits per heavy atom. The van der Waals surface area contributed by atoms with Crippen LogP contribution in [0.25, 0.3) is 0 Å². The summed E-state index contributed by atoms with van der Waals surface area (Å²) in [6.07, 6.45) is 6.59. The second kappa shape index (κ2) is 3.50. The van der Waals surface area contributed by atoms with Crippen molar-refractivity contribution in [2.75, 3.05) is 20.1 Å². The zero-order valence-electron chi connectivity index (χ0n) is 8.40.